The number of rotatable bonds is 5. The number of H-pyrrole nitrogens is 1. The normalized spacial score (nSPS) is 10.8. The van der Waals surface area contributed by atoms with Crippen LogP contribution in [0.4, 0.5) is 5.69 Å². The van der Waals surface area contributed by atoms with Crippen molar-refractivity contribution in [1.29, 1.82) is 0 Å². The minimum atomic E-state index is -0.332. The van der Waals surface area contributed by atoms with Gasteiger partial charge in [0, 0.05) is 17.3 Å². The molecule has 130 valence electrons. The van der Waals surface area contributed by atoms with E-state index in [0.717, 1.165) is 5.56 Å². The molecular formula is C18H14ClN5O2. The third-order valence-electron chi connectivity index (χ3n) is 3.72. The van der Waals surface area contributed by atoms with Crippen molar-refractivity contribution in [2.75, 3.05) is 5.32 Å². The maximum absolute atomic E-state index is 12.3. The minimum absolute atomic E-state index is 0.263. The van der Waals surface area contributed by atoms with Crippen LogP contribution in [0.1, 0.15) is 16.1 Å². The van der Waals surface area contributed by atoms with Crippen LogP contribution in [0.3, 0.4) is 0 Å². The zero-order valence-corrected chi connectivity index (χ0v) is 14.3. The van der Waals surface area contributed by atoms with Gasteiger partial charge in [0.1, 0.15) is 5.69 Å². The van der Waals surface area contributed by atoms with E-state index in [2.05, 4.69) is 20.6 Å². The first kappa shape index (κ1) is 16.2. The van der Waals surface area contributed by atoms with E-state index in [9.17, 15) is 4.79 Å². The number of anilines is 1. The summed E-state index contributed by atoms with van der Waals surface area (Å²) in [4.78, 5) is 12.3. The van der Waals surface area contributed by atoms with E-state index in [1.165, 1.54) is 0 Å². The van der Waals surface area contributed by atoms with Crippen molar-refractivity contribution in [1.82, 2.24) is 20.0 Å². The molecule has 4 aromatic rings. The van der Waals surface area contributed by atoms with Crippen LogP contribution in [0.5, 0.6) is 0 Å². The van der Waals surface area contributed by atoms with E-state index in [-0.39, 0.29) is 11.6 Å². The van der Waals surface area contributed by atoms with Gasteiger partial charge in [0.2, 0.25) is 0 Å². The molecule has 0 aliphatic rings. The summed E-state index contributed by atoms with van der Waals surface area (Å²) in [7, 11) is 0. The van der Waals surface area contributed by atoms with Gasteiger partial charge in [0.05, 0.1) is 24.7 Å². The van der Waals surface area contributed by atoms with Gasteiger partial charge in [-0.2, -0.15) is 10.2 Å². The number of benzene rings is 1. The Bertz CT molecular complexity index is 1040. The number of aromatic nitrogens is 4. The lowest BCUT2D eigenvalue weighted by Crippen LogP contribution is -2.11. The molecule has 3 aromatic heterocycles. The number of aromatic amines is 1. The molecule has 0 radical (unpaired) electrons. The van der Waals surface area contributed by atoms with Gasteiger partial charge in [0.25, 0.3) is 5.91 Å². The lowest BCUT2D eigenvalue weighted by Gasteiger charge is -2.02. The van der Waals surface area contributed by atoms with Crippen LogP contribution >= 0.6 is 11.6 Å². The molecule has 0 saturated heterocycles. The number of hydrogen-bond acceptors (Lipinski definition) is 4. The molecule has 0 fully saturated rings. The van der Waals surface area contributed by atoms with Gasteiger partial charge in [-0.05, 0) is 29.8 Å². The molecule has 0 saturated carbocycles. The number of carbonyl (C=O) groups is 1. The molecule has 0 aliphatic carbocycles. The van der Waals surface area contributed by atoms with Crippen molar-refractivity contribution in [3.63, 3.8) is 0 Å². The summed E-state index contributed by atoms with van der Waals surface area (Å²) in [5.74, 6) is 0.284. The van der Waals surface area contributed by atoms with Crippen LogP contribution in [-0.2, 0) is 6.54 Å². The van der Waals surface area contributed by atoms with Crippen molar-refractivity contribution >= 4 is 23.2 Å². The molecule has 1 aromatic carbocycles. The second-order valence-corrected chi connectivity index (χ2v) is 6.09. The van der Waals surface area contributed by atoms with Crippen molar-refractivity contribution in [2.45, 2.75) is 6.54 Å². The van der Waals surface area contributed by atoms with Crippen molar-refractivity contribution < 1.29 is 9.21 Å². The zero-order chi connectivity index (χ0) is 17.9. The number of halogens is 1. The molecule has 8 heteroatoms. The Hall–Kier alpha value is -3.32. The molecule has 0 aliphatic heterocycles. The Balaban J connectivity index is 1.43. The quantitative estimate of drug-likeness (QED) is 0.561. The van der Waals surface area contributed by atoms with Gasteiger partial charge in [-0.3, -0.25) is 14.6 Å². The molecule has 0 atom stereocenters. The summed E-state index contributed by atoms with van der Waals surface area (Å²) in [6.07, 6.45) is 4.89. The second kappa shape index (κ2) is 6.89. The van der Waals surface area contributed by atoms with Crippen LogP contribution in [0, 0.1) is 0 Å². The Morgan fingerprint density at radius 3 is 3.00 bits per heavy atom. The fourth-order valence-electron chi connectivity index (χ4n) is 2.53. The Kier molecular flexibility index (Phi) is 4.28. The van der Waals surface area contributed by atoms with Crippen LogP contribution in [0.15, 0.2) is 65.5 Å². The predicted octanol–water partition coefficient (Wildman–Crippen LogP) is 3.82. The lowest BCUT2D eigenvalue weighted by atomic mass is 10.2. The summed E-state index contributed by atoms with van der Waals surface area (Å²) in [6, 6.07) is 12.7. The smallest absolute Gasteiger partial charge is 0.276 e. The lowest BCUT2D eigenvalue weighted by molar-refractivity contribution is 0.102. The second-order valence-electron chi connectivity index (χ2n) is 5.65. The molecule has 7 nitrogen and oxygen atoms in total. The average molecular weight is 368 g/mol. The number of hydrogen-bond donors (Lipinski definition) is 2. The van der Waals surface area contributed by atoms with E-state index < -0.39 is 0 Å². The van der Waals surface area contributed by atoms with Gasteiger partial charge in [-0.25, -0.2) is 0 Å². The first-order valence-electron chi connectivity index (χ1n) is 7.85. The highest BCUT2D eigenvalue weighted by molar-refractivity contribution is 6.30. The predicted molar refractivity (Wildman–Crippen MR) is 97.0 cm³/mol. The number of nitrogens with one attached hydrogen (secondary N) is 2. The highest BCUT2D eigenvalue weighted by atomic mass is 35.5. The zero-order valence-electron chi connectivity index (χ0n) is 13.5. The molecule has 26 heavy (non-hydrogen) atoms. The van der Waals surface area contributed by atoms with E-state index in [0.29, 0.717) is 28.7 Å². The van der Waals surface area contributed by atoms with Gasteiger partial charge in [-0.15, -0.1) is 0 Å². The molecule has 3 heterocycles. The first-order valence-corrected chi connectivity index (χ1v) is 8.23. The molecular weight excluding hydrogens is 354 g/mol. The van der Waals surface area contributed by atoms with Crippen LogP contribution in [0.25, 0.3) is 11.5 Å². The highest BCUT2D eigenvalue weighted by Crippen LogP contribution is 2.18. The van der Waals surface area contributed by atoms with E-state index in [4.69, 9.17) is 16.0 Å². The fraction of sp³-hybridized carbons (Fsp3) is 0.0556. The fourth-order valence-corrected chi connectivity index (χ4v) is 2.74. The van der Waals surface area contributed by atoms with Gasteiger partial charge in [0.15, 0.2) is 11.5 Å². The highest BCUT2D eigenvalue weighted by Gasteiger charge is 2.13. The summed E-state index contributed by atoms with van der Waals surface area (Å²) >= 11 is 5.99. The number of furan rings is 1. The summed E-state index contributed by atoms with van der Waals surface area (Å²) in [5.41, 5.74) is 2.50. The maximum Gasteiger partial charge on any atom is 0.276 e. The van der Waals surface area contributed by atoms with Gasteiger partial charge < -0.3 is 9.73 Å². The standard InChI is InChI=1S/C18H14ClN5O2/c19-13-4-1-3-12(7-13)10-24-11-14(9-20-24)21-18(25)16-8-15(22-23-16)17-5-2-6-26-17/h1-9,11H,10H2,(H,21,25)(H,22,23). The summed E-state index contributed by atoms with van der Waals surface area (Å²) in [5, 5.41) is 14.5. The maximum atomic E-state index is 12.3. The van der Waals surface area contributed by atoms with Crippen LogP contribution in [-0.4, -0.2) is 25.9 Å². The monoisotopic (exact) mass is 367 g/mol. The summed E-state index contributed by atoms with van der Waals surface area (Å²) in [6.45, 7) is 0.557. The largest absolute Gasteiger partial charge is 0.463 e. The van der Waals surface area contributed by atoms with Gasteiger partial charge >= 0.3 is 0 Å². The SMILES string of the molecule is O=C(Nc1cnn(Cc2cccc(Cl)c2)c1)c1cc(-c2ccco2)[nH]n1. The average Bonchev–Trinajstić information content (AvgIpc) is 3.36. The van der Waals surface area contributed by atoms with Crippen molar-refractivity contribution in [3.05, 3.63) is 77.4 Å². The number of amides is 1. The van der Waals surface area contributed by atoms with Crippen molar-refractivity contribution in [3.8, 4) is 11.5 Å². The molecule has 0 spiro atoms. The number of nitrogens with zero attached hydrogens (tertiary/aromatic N) is 3. The van der Waals surface area contributed by atoms with Crippen molar-refractivity contribution in [2.24, 2.45) is 0 Å². The molecule has 4 rings (SSSR count). The van der Waals surface area contributed by atoms with E-state index in [1.54, 1.807) is 41.5 Å². The van der Waals surface area contributed by atoms with E-state index in [1.807, 2.05) is 24.3 Å². The molecule has 1 amide bonds. The Morgan fingerprint density at radius 2 is 2.19 bits per heavy atom. The summed E-state index contributed by atoms with van der Waals surface area (Å²) < 4.78 is 7.00. The van der Waals surface area contributed by atoms with Crippen LogP contribution < -0.4 is 5.32 Å². The topological polar surface area (TPSA) is 88.7 Å². The third-order valence-corrected chi connectivity index (χ3v) is 3.96. The number of carbonyl (C=O) groups excluding carboxylic acids is 1. The Morgan fingerprint density at radius 1 is 1.27 bits per heavy atom. The molecule has 0 bridgehead atoms. The minimum Gasteiger partial charge on any atom is -0.463 e. The van der Waals surface area contributed by atoms with Gasteiger partial charge in [-0.1, -0.05) is 23.7 Å². The Labute approximate surface area is 153 Å². The first-order chi connectivity index (χ1) is 12.7. The third kappa shape index (κ3) is 3.52. The molecule has 2 N–H and O–H groups in total. The van der Waals surface area contributed by atoms with E-state index >= 15 is 0 Å². The molecule has 0 unspecified atom stereocenters. The van der Waals surface area contributed by atoms with Crippen LogP contribution in [0.2, 0.25) is 5.02 Å².